The summed E-state index contributed by atoms with van der Waals surface area (Å²) in [5.41, 5.74) is 9.29. The van der Waals surface area contributed by atoms with Gasteiger partial charge in [0.1, 0.15) is 18.2 Å². The van der Waals surface area contributed by atoms with Crippen LogP contribution in [0.15, 0.2) is 36.7 Å². The largest absolute Gasteiger partial charge is 0.489 e. The van der Waals surface area contributed by atoms with E-state index in [9.17, 15) is 4.39 Å². The number of pyridine rings is 1. The van der Waals surface area contributed by atoms with Crippen molar-refractivity contribution in [1.82, 2.24) is 4.98 Å². The highest BCUT2D eigenvalue weighted by Gasteiger charge is 2.16. The van der Waals surface area contributed by atoms with Gasteiger partial charge in [-0.2, -0.15) is 0 Å². The molecule has 1 heterocycles. The molecule has 3 rings (SSSR count). The molecule has 1 aromatic heterocycles. The highest BCUT2D eigenvalue weighted by molar-refractivity contribution is 5.39. The number of hydrogen-bond acceptors (Lipinski definition) is 3. The molecule has 0 spiro atoms. The SMILES string of the molecule is NC1CCCc2cc(OCc3cncc(F)c3)ccc21. The Labute approximate surface area is 117 Å². The summed E-state index contributed by atoms with van der Waals surface area (Å²) in [6.07, 6.45) is 6.00. The molecule has 1 unspecified atom stereocenters. The molecular formula is C16H17FN2O. The van der Waals surface area contributed by atoms with Gasteiger partial charge >= 0.3 is 0 Å². The topological polar surface area (TPSA) is 48.1 Å². The zero-order valence-electron chi connectivity index (χ0n) is 11.2. The van der Waals surface area contributed by atoms with E-state index in [-0.39, 0.29) is 11.9 Å². The van der Waals surface area contributed by atoms with Crippen molar-refractivity contribution in [2.45, 2.75) is 31.9 Å². The molecule has 0 bridgehead atoms. The first-order chi connectivity index (χ1) is 9.72. The van der Waals surface area contributed by atoms with Crippen LogP contribution in [0.5, 0.6) is 5.75 Å². The molecule has 1 aliphatic carbocycles. The Bertz CT molecular complexity index is 615. The van der Waals surface area contributed by atoms with E-state index >= 15 is 0 Å². The summed E-state index contributed by atoms with van der Waals surface area (Å²) in [4.78, 5) is 3.81. The minimum atomic E-state index is -0.345. The number of aromatic nitrogens is 1. The summed E-state index contributed by atoms with van der Waals surface area (Å²) >= 11 is 0. The van der Waals surface area contributed by atoms with Crippen LogP contribution in [0, 0.1) is 5.82 Å². The van der Waals surface area contributed by atoms with E-state index in [2.05, 4.69) is 4.98 Å². The van der Waals surface area contributed by atoms with Gasteiger partial charge in [0.2, 0.25) is 0 Å². The Hall–Kier alpha value is -1.94. The number of aryl methyl sites for hydroxylation is 1. The summed E-state index contributed by atoms with van der Waals surface area (Å²) in [7, 11) is 0. The molecule has 0 amide bonds. The number of ether oxygens (including phenoxy) is 1. The molecule has 0 radical (unpaired) electrons. The lowest BCUT2D eigenvalue weighted by molar-refractivity contribution is 0.304. The van der Waals surface area contributed by atoms with Gasteiger partial charge in [0.05, 0.1) is 6.20 Å². The molecule has 104 valence electrons. The third-order valence-corrected chi connectivity index (χ3v) is 3.64. The van der Waals surface area contributed by atoms with Gasteiger partial charge in [-0.05, 0) is 48.6 Å². The molecule has 20 heavy (non-hydrogen) atoms. The normalized spacial score (nSPS) is 17.6. The Kier molecular flexibility index (Phi) is 3.65. The van der Waals surface area contributed by atoms with Crippen LogP contribution in [-0.2, 0) is 13.0 Å². The molecule has 1 aliphatic rings. The van der Waals surface area contributed by atoms with Gasteiger partial charge in [0.15, 0.2) is 0 Å². The Morgan fingerprint density at radius 3 is 3.05 bits per heavy atom. The summed E-state index contributed by atoms with van der Waals surface area (Å²) in [5.74, 6) is 0.449. The maximum Gasteiger partial charge on any atom is 0.141 e. The lowest BCUT2D eigenvalue weighted by Crippen LogP contribution is -2.17. The van der Waals surface area contributed by atoms with Crippen molar-refractivity contribution in [3.63, 3.8) is 0 Å². The Balaban J connectivity index is 1.72. The maximum atomic E-state index is 13.0. The highest BCUT2D eigenvalue weighted by Crippen LogP contribution is 2.30. The van der Waals surface area contributed by atoms with Crippen LogP contribution in [0.4, 0.5) is 4.39 Å². The molecule has 0 saturated carbocycles. The van der Waals surface area contributed by atoms with Crippen molar-refractivity contribution < 1.29 is 9.13 Å². The van der Waals surface area contributed by atoms with Gasteiger partial charge in [-0.15, -0.1) is 0 Å². The average molecular weight is 272 g/mol. The molecule has 2 aromatic rings. The number of halogens is 1. The first-order valence-electron chi connectivity index (χ1n) is 6.83. The third kappa shape index (κ3) is 2.80. The number of nitrogens with zero attached hydrogens (tertiary/aromatic N) is 1. The van der Waals surface area contributed by atoms with E-state index in [4.69, 9.17) is 10.5 Å². The lowest BCUT2D eigenvalue weighted by Gasteiger charge is -2.22. The molecule has 2 N–H and O–H groups in total. The van der Waals surface area contributed by atoms with Crippen LogP contribution in [0.1, 0.15) is 35.6 Å². The molecule has 0 fully saturated rings. The average Bonchev–Trinajstić information content (AvgIpc) is 2.45. The smallest absolute Gasteiger partial charge is 0.141 e. The fourth-order valence-corrected chi connectivity index (χ4v) is 2.62. The van der Waals surface area contributed by atoms with E-state index in [1.54, 1.807) is 6.20 Å². The van der Waals surface area contributed by atoms with Crippen LogP contribution in [0.2, 0.25) is 0 Å². The van der Waals surface area contributed by atoms with Crippen molar-refractivity contribution in [3.8, 4) is 5.75 Å². The fourth-order valence-electron chi connectivity index (χ4n) is 2.62. The minimum Gasteiger partial charge on any atom is -0.489 e. The Morgan fingerprint density at radius 2 is 2.20 bits per heavy atom. The summed E-state index contributed by atoms with van der Waals surface area (Å²) in [5, 5.41) is 0. The van der Waals surface area contributed by atoms with Crippen LogP contribution < -0.4 is 10.5 Å². The molecule has 0 saturated heterocycles. The van der Waals surface area contributed by atoms with E-state index < -0.39 is 0 Å². The van der Waals surface area contributed by atoms with E-state index in [1.807, 2.05) is 18.2 Å². The van der Waals surface area contributed by atoms with Gasteiger partial charge in [-0.25, -0.2) is 4.39 Å². The standard InChI is InChI=1S/C16H17FN2O/c17-13-6-11(8-19-9-13)10-20-14-4-5-15-12(7-14)2-1-3-16(15)18/h4-9,16H,1-3,10,18H2. The van der Waals surface area contributed by atoms with Crippen LogP contribution in [-0.4, -0.2) is 4.98 Å². The molecule has 1 atom stereocenters. The first kappa shape index (κ1) is 13.1. The molecule has 4 heteroatoms. The van der Waals surface area contributed by atoms with Crippen LogP contribution in [0.25, 0.3) is 0 Å². The quantitative estimate of drug-likeness (QED) is 0.933. The predicted molar refractivity (Wildman–Crippen MR) is 74.8 cm³/mol. The maximum absolute atomic E-state index is 13.0. The van der Waals surface area contributed by atoms with Crippen molar-refractivity contribution >= 4 is 0 Å². The number of benzene rings is 1. The lowest BCUT2D eigenvalue weighted by atomic mass is 9.88. The van der Waals surface area contributed by atoms with E-state index in [0.717, 1.165) is 30.6 Å². The zero-order chi connectivity index (χ0) is 13.9. The van der Waals surface area contributed by atoms with E-state index in [0.29, 0.717) is 6.61 Å². The van der Waals surface area contributed by atoms with Crippen molar-refractivity contribution in [2.24, 2.45) is 5.73 Å². The van der Waals surface area contributed by atoms with E-state index in [1.165, 1.54) is 23.4 Å². The second kappa shape index (κ2) is 5.59. The minimum absolute atomic E-state index is 0.139. The van der Waals surface area contributed by atoms with Gasteiger partial charge in [0.25, 0.3) is 0 Å². The van der Waals surface area contributed by atoms with Crippen LogP contribution in [0.3, 0.4) is 0 Å². The van der Waals surface area contributed by atoms with Gasteiger partial charge in [-0.1, -0.05) is 6.07 Å². The second-order valence-corrected chi connectivity index (χ2v) is 5.16. The van der Waals surface area contributed by atoms with Gasteiger partial charge < -0.3 is 10.5 Å². The monoisotopic (exact) mass is 272 g/mol. The van der Waals surface area contributed by atoms with Gasteiger partial charge in [-0.3, -0.25) is 4.98 Å². The van der Waals surface area contributed by atoms with Crippen molar-refractivity contribution in [3.05, 3.63) is 59.2 Å². The first-order valence-corrected chi connectivity index (χ1v) is 6.83. The second-order valence-electron chi connectivity index (χ2n) is 5.16. The number of fused-ring (bicyclic) bond motifs is 1. The summed E-state index contributed by atoms with van der Waals surface area (Å²) < 4.78 is 18.7. The highest BCUT2D eigenvalue weighted by atomic mass is 19.1. The molecular weight excluding hydrogens is 255 g/mol. The number of rotatable bonds is 3. The fraction of sp³-hybridized carbons (Fsp3) is 0.312. The predicted octanol–water partition coefficient (Wildman–Crippen LogP) is 3.14. The van der Waals surface area contributed by atoms with Gasteiger partial charge in [0, 0.05) is 17.8 Å². The molecule has 0 aliphatic heterocycles. The molecule has 3 nitrogen and oxygen atoms in total. The van der Waals surface area contributed by atoms with Crippen molar-refractivity contribution in [2.75, 3.05) is 0 Å². The Morgan fingerprint density at radius 1 is 1.30 bits per heavy atom. The number of hydrogen-bond donors (Lipinski definition) is 1. The van der Waals surface area contributed by atoms with Crippen LogP contribution >= 0.6 is 0 Å². The molecule has 1 aromatic carbocycles. The van der Waals surface area contributed by atoms with Crippen molar-refractivity contribution in [1.29, 1.82) is 0 Å². The summed E-state index contributed by atoms with van der Waals surface area (Å²) in [6, 6.07) is 7.58. The zero-order valence-corrected chi connectivity index (χ0v) is 11.2. The third-order valence-electron chi connectivity index (χ3n) is 3.64. The number of nitrogens with two attached hydrogens (primary N) is 1. The summed E-state index contributed by atoms with van der Waals surface area (Å²) in [6.45, 7) is 0.315.